The number of likely N-dealkylation sites (tertiary alicyclic amines) is 1. The summed E-state index contributed by atoms with van der Waals surface area (Å²) in [6.45, 7) is 15.6. The first kappa shape index (κ1) is 22.8. The Balaban J connectivity index is 1.40. The molecule has 168 valence electrons. The zero-order valence-corrected chi connectivity index (χ0v) is 18.9. The van der Waals surface area contributed by atoms with Crippen molar-refractivity contribution in [2.75, 3.05) is 63.8 Å². The van der Waals surface area contributed by atoms with Crippen molar-refractivity contribution in [3.05, 3.63) is 30.1 Å². The molecule has 2 aliphatic rings. The molecule has 2 fully saturated rings. The average Bonchev–Trinajstić information content (AvgIpc) is 2.75. The molecule has 0 radical (unpaired) electrons. The SMILES string of the molecule is CCNC(=NCCN1CCN(c2ccc(F)cc2)CC1)NC1CCN(C(C)C)CC1. The monoisotopic (exact) mass is 418 g/mol. The van der Waals surface area contributed by atoms with Gasteiger partial charge in [-0.2, -0.15) is 0 Å². The summed E-state index contributed by atoms with van der Waals surface area (Å²) >= 11 is 0. The number of halogens is 1. The number of benzene rings is 1. The van der Waals surface area contributed by atoms with Crippen LogP contribution in [0.15, 0.2) is 29.3 Å². The zero-order valence-electron chi connectivity index (χ0n) is 18.9. The number of piperazine rings is 1. The van der Waals surface area contributed by atoms with Gasteiger partial charge in [0.25, 0.3) is 0 Å². The van der Waals surface area contributed by atoms with Gasteiger partial charge in [-0.25, -0.2) is 4.39 Å². The smallest absolute Gasteiger partial charge is 0.191 e. The number of guanidine groups is 1. The molecule has 0 aromatic heterocycles. The molecule has 0 amide bonds. The third kappa shape index (κ3) is 6.84. The lowest BCUT2D eigenvalue weighted by Gasteiger charge is -2.36. The standard InChI is InChI=1S/C23H39FN6/c1-4-25-23(27-21-9-12-29(13-10-21)19(2)3)26-11-14-28-15-17-30(18-16-28)22-7-5-20(24)6-8-22/h5-8,19,21H,4,9-18H2,1-3H3,(H2,25,26,27). The summed E-state index contributed by atoms with van der Waals surface area (Å²) in [4.78, 5) is 12.2. The second kappa shape index (κ2) is 11.5. The molecule has 0 atom stereocenters. The highest BCUT2D eigenvalue weighted by Crippen LogP contribution is 2.17. The molecule has 0 spiro atoms. The largest absolute Gasteiger partial charge is 0.369 e. The van der Waals surface area contributed by atoms with Gasteiger partial charge in [-0.05, 0) is 57.9 Å². The van der Waals surface area contributed by atoms with E-state index in [1.165, 1.54) is 12.8 Å². The Kier molecular flexibility index (Phi) is 8.75. The van der Waals surface area contributed by atoms with Gasteiger partial charge < -0.3 is 20.4 Å². The van der Waals surface area contributed by atoms with Gasteiger partial charge in [0, 0.05) is 70.1 Å². The Hall–Kier alpha value is -1.86. The summed E-state index contributed by atoms with van der Waals surface area (Å²) in [5.41, 5.74) is 1.11. The van der Waals surface area contributed by atoms with Crippen molar-refractivity contribution in [3.8, 4) is 0 Å². The fourth-order valence-corrected chi connectivity index (χ4v) is 4.26. The lowest BCUT2D eigenvalue weighted by atomic mass is 10.0. The van der Waals surface area contributed by atoms with Crippen LogP contribution in [0.25, 0.3) is 0 Å². The number of nitrogens with zero attached hydrogens (tertiary/aromatic N) is 4. The van der Waals surface area contributed by atoms with Gasteiger partial charge in [0.15, 0.2) is 5.96 Å². The predicted molar refractivity (Wildman–Crippen MR) is 124 cm³/mol. The maximum absolute atomic E-state index is 13.1. The molecule has 2 aliphatic heterocycles. The molecular weight excluding hydrogens is 379 g/mol. The van der Waals surface area contributed by atoms with E-state index >= 15 is 0 Å². The first-order chi connectivity index (χ1) is 14.5. The molecule has 1 aromatic carbocycles. The normalized spacial score (nSPS) is 20.0. The molecule has 0 aliphatic carbocycles. The molecule has 1 aromatic rings. The van der Waals surface area contributed by atoms with Crippen LogP contribution in [0.3, 0.4) is 0 Å². The Bertz CT molecular complexity index is 646. The Morgan fingerprint density at radius 3 is 2.33 bits per heavy atom. The van der Waals surface area contributed by atoms with Crippen molar-refractivity contribution in [2.45, 2.75) is 45.7 Å². The average molecular weight is 419 g/mol. The van der Waals surface area contributed by atoms with Crippen molar-refractivity contribution in [1.82, 2.24) is 20.4 Å². The maximum atomic E-state index is 13.1. The number of hydrogen-bond donors (Lipinski definition) is 2. The number of piperidine rings is 1. The number of aliphatic imine (C=N–C) groups is 1. The lowest BCUT2D eigenvalue weighted by Crippen LogP contribution is -2.50. The summed E-state index contributed by atoms with van der Waals surface area (Å²) < 4.78 is 13.1. The minimum absolute atomic E-state index is 0.175. The van der Waals surface area contributed by atoms with Crippen LogP contribution in [0.2, 0.25) is 0 Å². The Morgan fingerprint density at radius 1 is 1.07 bits per heavy atom. The fourth-order valence-electron chi connectivity index (χ4n) is 4.26. The van der Waals surface area contributed by atoms with E-state index in [-0.39, 0.29) is 5.82 Å². The van der Waals surface area contributed by atoms with E-state index in [1.807, 2.05) is 12.1 Å². The fraction of sp³-hybridized carbons (Fsp3) is 0.696. The summed E-state index contributed by atoms with van der Waals surface area (Å²) in [6, 6.07) is 7.97. The van der Waals surface area contributed by atoms with Gasteiger partial charge >= 0.3 is 0 Å². The molecule has 30 heavy (non-hydrogen) atoms. The van der Waals surface area contributed by atoms with Crippen LogP contribution < -0.4 is 15.5 Å². The van der Waals surface area contributed by atoms with E-state index in [1.54, 1.807) is 12.1 Å². The molecule has 0 saturated carbocycles. The van der Waals surface area contributed by atoms with Gasteiger partial charge in [-0.1, -0.05) is 0 Å². The first-order valence-corrected chi connectivity index (χ1v) is 11.6. The molecule has 2 N–H and O–H groups in total. The van der Waals surface area contributed by atoms with E-state index in [4.69, 9.17) is 4.99 Å². The summed E-state index contributed by atoms with van der Waals surface area (Å²) in [5, 5.41) is 7.04. The van der Waals surface area contributed by atoms with E-state index in [2.05, 4.69) is 46.1 Å². The highest BCUT2D eigenvalue weighted by molar-refractivity contribution is 5.80. The van der Waals surface area contributed by atoms with E-state index in [0.717, 1.165) is 70.5 Å². The van der Waals surface area contributed by atoms with Crippen LogP contribution in [0, 0.1) is 5.82 Å². The van der Waals surface area contributed by atoms with E-state index in [0.29, 0.717) is 12.1 Å². The van der Waals surface area contributed by atoms with Crippen molar-refractivity contribution in [3.63, 3.8) is 0 Å². The van der Waals surface area contributed by atoms with Gasteiger partial charge in [0.2, 0.25) is 0 Å². The van der Waals surface area contributed by atoms with Crippen molar-refractivity contribution in [1.29, 1.82) is 0 Å². The second-order valence-electron chi connectivity index (χ2n) is 8.61. The van der Waals surface area contributed by atoms with E-state index < -0.39 is 0 Å². The minimum Gasteiger partial charge on any atom is -0.369 e. The molecule has 0 bridgehead atoms. The van der Waals surface area contributed by atoms with Crippen LogP contribution in [-0.4, -0.2) is 86.7 Å². The molecule has 3 rings (SSSR count). The van der Waals surface area contributed by atoms with Crippen LogP contribution in [-0.2, 0) is 0 Å². The first-order valence-electron chi connectivity index (χ1n) is 11.6. The predicted octanol–water partition coefficient (Wildman–Crippen LogP) is 2.38. The number of nitrogens with one attached hydrogen (secondary N) is 2. The highest BCUT2D eigenvalue weighted by atomic mass is 19.1. The number of anilines is 1. The summed E-state index contributed by atoms with van der Waals surface area (Å²) in [7, 11) is 0. The topological polar surface area (TPSA) is 46.1 Å². The quantitative estimate of drug-likeness (QED) is 0.526. The molecule has 0 unspecified atom stereocenters. The molecule has 7 heteroatoms. The minimum atomic E-state index is -0.175. The summed E-state index contributed by atoms with van der Waals surface area (Å²) in [6.07, 6.45) is 2.35. The Morgan fingerprint density at radius 2 is 1.73 bits per heavy atom. The third-order valence-corrected chi connectivity index (χ3v) is 6.20. The lowest BCUT2D eigenvalue weighted by molar-refractivity contribution is 0.167. The molecule has 6 nitrogen and oxygen atoms in total. The number of rotatable bonds is 7. The van der Waals surface area contributed by atoms with Crippen molar-refractivity contribution >= 4 is 11.6 Å². The third-order valence-electron chi connectivity index (χ3n) is 6.20. The zero-order chi connectivity index (χ0) is 21.3. The van der Waals surface area contributed by atoms with Crippen molar-refractivity contribution < 1.29 is 4.39 Å². The summed E-state index contributed by atoms with van der Waals surface area (Å²) in [5.74, 6) is 0.774. The van der Waals surface area contributed by atoms with Crippen LogP contribution in [0.5, 0.6) is 0 Å². The van der Waals surface area contributed by atoms with Crippen molar-refractivity contribution in [2.24, 2.45) is 4.99 Å². The number of hydrogen-bond acceptors (Lipinski definition) is 4. The van der Waals surface area contributed by atoms with Gasteiger partial charge in [0.05, 0.1) is 6.54 Å². The van der Waals surface area contributed by atoms with Crippen LogP contribution >= 0.6 is 0 Å². The van der Waals surface area contributed by atoms with Crippen LogP contribution in [0.1, 0.15) is 33.6 Å². The van der Waals surface area contributed by atoms with Crippen LogP contribution in [0.4, 0.5) is 10.1 Å². The second-order valence-corrected chi connectivity index (χ2v) is 8.61. The van der Waals surface area contributed by atoms with Gasteiger partial charge in [0.1, 0.15) is 5.82 Å². The van der Waals surface area contributed by atoms with Gasteiger partial charge in [-0.3, -0.25) is 9.89 Å². The highest BCUT2D eigenvalue weighted by Gasteiger charge is 2.21. The van der Waals surface area contributed by atoms with E-state index in [9.17, 15) is 4.39 Å². The molecule has 2 saturated heterocycles. The molecule has 2 heterocycles. The Labute approximate surface area is 181 Å². The maximum Gasteiger partial charge on any atom is 0.191 e. The van der Waals surface area contributed by atoms with Gasteiger partial charge in [-0.15, -0.1) is 0 Å². The molecular formula is C23H39FN6.